The molecule has 1 N–H and O–H groups in total. The molecule has 0 bridgehead atoms. The van der Waals surface area contributed by atoms with Crippen molar-refractivity contribution in [2.75, 3.05) is 26.2 Å². The molecule has 8 heteroatoms. The molecule has 0 spiro atoms. The zero-order valence-corrected chi connectivity index (χ0v) is 14.7. The van der Waals surface area contributed by atoms with Gasteiger partial charge in [-0.3, -0.25) is 15.0 Å². The lowest BCUT2D eigenvalue weighted by Gasteiger charge is -2.35. The van der Waals surface area contributed by atoms with Crippen LogP contribution in [-0.2, 0) is 0 Å². The van der Waals surface area contributed by atoms with E-state index in [9.17, 15) is 10.1 Å². The van der Waals surface area contributed by atoms with E-state index in [0.29, 0.717) is 12.0 Å². The van der Waals surface area contributed by atoms with Crippen LogP contribution in [0.4, 0.5) is 5.00 Å². The van der Waals surface area contributed by atoms with Gasteiger partial charge in [0.25, 0.3) is 0 Å². The molecular formula is C13H23Cl2N3O2S. The Balaban J connectivity index is 0.00000200. The lowest BCUT2D eigenvalue weighted by molar-refractivity contribution is -0.380. The van der Waals surface area contributed by atoms with Crippen molar-refractivity contribution in [2.24, 2.45) is 5.92 Å². The highest BCUT2D eigenvalue weighted by Crippen LogP contribution is 2.35. The fourth-order valence-corrected chi connectivity index (χ4v) is 3.47. The van der Waals surface area contributed by atoms with E-state index in [0.717, 1.165) is 37.5 Å². The van der Waals surface area contributed by atoms with Crippen LogP contribution in [0.15, 0.2) is 12.1 Å². The van der Waals surface area contributed by atoms with Gasteiger partial charge in [-0.1, -0.05) is 25.2 Å². The molecule has 2 rings (SSSR count). The van der Waals surface area contributed by atoms with E-state index in [1.54, 1.807) is 6.07 Å². The van der Waals surface area contributed by atoms with Crippen LogP contribution in [0.3, 0.4) is 0 Å². The molecule has 1 aliphatic rings. The molecule has 2 heterocycles. The van der Waals surface area contributed by atoms with Gasteiger partial charge in [0.1, 0.15) is 0 Å². The molecule has 0 aliphatic carbocycles. The fourth-order valence-electron chi connectivity index (χ4n) is 2.50. The molecule has 5 nitrogen and oxygen atoms in total. The Morgan fingerprint density at radius 1 is 1.33 bits per heavy atom. The minimum Gasteiger partial charge on any atom is -0.314 e. The van der Waals surface area contributed by atoms with E-state index in [-0.39, 0.29) is 34.7 Å². The average molecular weight is 356 g/mol. The van der Waals surface area contributed by atoms with Gasteiger partial charge in [-0.2, -0.15) is 0 Å². The second kappa shape index (κ2) is 9.58. The van der Waals surface area contributed by atoms with Gasteiger partial charge in [0.15, 0.2) is 0 Å². The van der Waals surface area contributed by atoms with Gasteiger partial charge < -0.3 is 5.32 Å². The van der Waals surface area contributed by atoms with Gasteiger partial charge in [0.2, 0.25) is 0 Å². The van der Waals surface area contributed by atoms with Crippen LogP contribution in [0.2, 0.25) is 0 Å². The summed E-state index contributed by atoms with van der Waals surface area (Å²) in [5.41, 5.74) is 0. The van der Waals surface area contributed by atoms with E-state index in [1.165, 1.54) is 11.3 Å². The highest BCUT2D eigenvalue weighted by Gasteiger charge is 2.25. The third-order valence-corrected chi connectivity index (χ3v) is 4.55. The summed E-state index contributed by atoms with van der Waals surface area (Å²) in [7, 11) is 0. The van der Waals surface area contributed by atoms with Crippen LogP contribution >= 0.6 is 36.2 Å². The summed E-state index contributed by atoms with van der Waals surface area (Å²) in [6.07, 6.45) is 1.05. The van der Waals surface area contributed by atoms with Crippen molar-refractivity contribution < 1.29 is 4.92 Å². The monoisotopic (exact) mass is 355 g/mol. The van der Waals surface area contributed by atoms with Crippen LogP contribution in [-0.4, -0.2) is 36.0 Å². The molecule has 1 saturated heterocycles. The Bertz CT molecular complexity index is 437. The van der Waals surface area contributed by atoms with Gasteiger partial charge >= 0.3 is 5.00 Å². The van der Waals surface area contributed by atoms with Crippen LogP contribution in [0.25, 0.3) is 0 Å². The molecule has 0 amide bonds. The first-order chi connectivity index (χ1) is 9.08. The van der Waals surface area contributed by atoms with Crippen molar-refractivity contribution >= 4 is 41.2 Å². The molecule has 21 heavy (non-hydrogen) atoms. The van der Waals surface area contributed by atoms with Crippen LogP contribution in [0.1, 0.15) is 31.2 Å². The molecule has 1 aromatic heterocycles. The zero-order valence-electron chi connectivity index (χ0n) is 12.3. The van der Waals surface area contributed by atoms with Gasteiger partial charge in [-0.25, -0.2) is 0 Å². The second-order valence-electron chi connectivity index (χ2n) is 5.36. The number of piperazine rings is 1. The Morgan fingerprint density at radius 2 is 1.95 bits per heavy atom. The maximum Gasteiger partial charge on any atom is 0.324 e. The number of halogens is 2. The first kappa shape index (κ1) is 20.6. The predicted octanol–water partition coefficient (Wildman–Crippen LogP) is 3.49. The molecule has 0 radical (unpaired) electrons. The lowest BCUT2D eigenvalue weighted by atomic mass is 10.0. The third kappa shape index (κ3) is 5.71. The summed E-state index contributed by atoms with van der Waals surface area (Å²) in [4.78, 5) is 14.1. The van der Waals surface area contributed by atoms with Crippen molar-refractivity contribution in [3.63, 3.8) is 0 Å². The number of hydrogen-bond acceptors (Lipinski definition) is 5. The summed E-state index contributed by atoms with van der Waals surface area (Å²) in [6, 6.07) is 3.88. The van der Waals surface area contributed by atoms with Crippen LogP contribution < -0.4 is 5.32 Å². The summed E-state index contributed by atoms with van der Waals surface area (Å²) in [6.45, 7) is 8.45. The number of thiophene rings is 1. The van der Waals surface area contributed by atoms with Crippen molar-refractivity contribution in [2.45, 2.75) is 26.3 Å². The van der Waals surface area contributed by atoms with E-state index in [4.69, 9.17) is 0 Å². The molecule has 1 atom stereocenters. The van der Waals surface area contributed by atoms with Crippen molar-refractivity contribution in [1.82, 2.24) is 10.2 Å². The Kier molecular flexibility index (Phi) is 9.40. The van der Waals surface area contributed by atoms with Gasteiger partial charge in [-0.05, 0) is 18.4 Å². The largest absolute Gasteiger partial charge is 0.324 e. The maximum absolute atomic E-state index is 10.8. The fraction of sp³-hybridized carbons (Fsp3) is 0.692. The zero-order chi connectivity index (χ0) is 13.8. The third-order valence-electron chi connectivity index (χ3n) is 3.41. The van der Waals surface area contributed by atoms with Gasteiger partial charge in [-0.15, -0.1) is 24.8 Å². The molecule has 0 unspecified atom stereocenters. The molecule has 1 aromatic rings. The van der Waals surface area contributed by atoms with Crippen molar-refractivity contribution in [1.29, 1.82) is 0 Å². The first-order valence-corrected chi connectivity index (χ1v) is 7.58. The number of nitrogens with one attached hydrogen (secondary N) is 1. The van der Waals surface area contributed by atoms with Gasteiger partial charge in [0.05, 0.1) is 4.92 Å². The summed E-state index contributed by atoms with van der Waals surface area (Å²) >= 11 is 1.32. The topological polar surface area (TPSA) is 58.4 Å². The Hall–Kier alpha value is -0.400. The number of nitrogens with zero attached hydrogens (tertiary/aromatic N) is 2. The number of hydrogen-bond donors (Lipinski definition) is 1. The highest BCUT2D eigenvalue weighted by atomic mass is 35.5. The Morgan fingerprint density at radius 3 is 2.43 bits per heavy atom. The maximum atomic E-state index is 10.8. The quantitative estimate of drug-likeness (QED) is 0.648. The minimum absolute atomic E-state index is 0. The molecule has 122 valence electrons. The molecule has 0 aromatic carbocycles. The standard InChI is InChI=1S/C13H21N3O2S.2ClH/c1-10(2)9-11(15-7-5-14-6-8-15)12-3-4-13(19-12)16(17)18;;/h3-4,10-11,14H,5-9H2,1-2H3;2*1H/t11-;;/m1../s1. The number of rotatable bonds is 5. The van der Waals surface area contributed by atoms with Crippen LogP contribution in [0, 0.1) is 16.0 Å². The van der Waals surface area contributed by atoms with Crippen molar-refractivity contribution in [3.8, 4) is 0 Å². The van der Waals surface area contributed by atoms with E-state index in [1.807, 2.05) is 6.07 Å². The molecular weight excluding hydrogens is 333 g/mol. The van der Waals surface area contributed by atoms with Gasteiger partial charge in [0, 0.05) is 43.2 Å². The summed E-state index contributed by atoms with van der Waals surface area (Å²) in [5, 5.41) is 14.4. The van der Waals surface area contributed by atoms with E-state index < -0.39 is 0 Å². The van der Waals surface area contributed by atoms with E-state index >= 15 is 0 Å². The second-order valence-corrected chi connectivity index (χ2v) is 6.46. The van der Waals surface area contributed by atoms with E-state index in [2.05, 4.69) is 24.1 Å². The minimum atomic E-state index is -0.293. The average Bonchev–Trinajstić information content (AvgIpc) is 2.86. The predicted molar refractivity (Wildman–Crippen MR) is 92.1 cm³/mol. The molecule has 0 saturated carbocycles. The SMILES string of the molecule is CC(C)C[C@H](c1ccc([N+](=O)[O-])s1)N1CCNCC1.Cl.Cl. The number of nitro groups is 1. The smallest absolute Gasteiger partial charge is 0.314 e. The lowest BCUT2D eigenvalue weighted by Crippen LogP contribution is -2.45. The molecule has 1 fully saturated rings. The summed E-state index contributed by atoms with van der Waals surface area (Å²) < 4.78 is 0. The normalized spacial score (nSPS) is 16.9. The summed E-state index contributed by atoms with van der Waals surface area (Å²) in [5.74, 6) is 0.584. The first-order valence-electron chi connectivity index (χ1n) is 6.77. The molecule has 1 aliphatic heterocycles. The highest BCUT2D eigenvalue weighted by molar-refractivity contribution is 7.15. The van der Waals surface area contributed by atoms with Crippen molar-refractivity contribution in [3.05, 3.63) is 27.1 Å². The van der Waals surface area contributed by atoms with Crippen LogP contribution in [0.5, 0.6) is 0 Å². The Labute approximate surface area is 142 Å².